The van der Waals surface area contributed by atoms with E-state index < -0.39 is 0 Å². The molecule has 0 spiro atoms. The quantitative estimate of drug-likeness (QED) is 0.555. The summed E-state index contributed by atoms with van der Waals surface area (Å²) in [7, 11) is 1.95. The van der Waals surface area contributed by atoms with E-state index >= 15 is 0 Å². The van der Waals surface area contributed by atoms with Crippen LogP contribution in [0.4, 0.5) is 5.69 Å². The molecule has 7 heteroatoms. The molecule has 0 aliphatic carbocycles. The number of nitrogens with zero attached hydrogens (tertiary/aromatic N) is 2. The summed E-state index contributed by atoms with van der Waals surface area (Å²) < 4.78 is 19.3. The molecule has 0 unspecified atom stereocenters. The Hall–Kier alpha value is -2.54. The van der Waals surface area contributed by atoms with Gasteiger partial charge in [0.1, 0.15) is 12.4 Å². The highest BCUT2D eigenvalue weighted by atomic mass is 35.5. The fraction of sp³-hybridized carbons (Fsp3) is 0.348. The molecule has 1 saturated heterocycles. The zero-order chi connectivity index (χ0) is 20.8. The molecule has 1 fully saturated rings. The van der Waals surface area contributed by atoms with Crippen molar-refractivity contribution in [1.82, 2.24) is 9.55 Å². The lowest BCUT2D eigenvalue weighted by molar-refractivity contribution is -0.0685. The van der Waals surface area contributed by atoms with Gasteiger partial charge >= 0.3 is 0 Å². The summed E-state index contributed by atoms with van der Waals surface area (Å²) >= 11 is 6.03. The number of ether oxygens (including phenoxy) is 3. The van der Waals surface area contributed by atoms with Gasteiger partial charge in [0.25, 0.3) is 0 Å². The van der Waals surface area contributed by atoms with Crippen molar-refractivity contribution >= 4 is 17.3 Å². The predicted octanol–water partition coefficient (Wildman–Crippen LogP) is 4.16. The molecule has 4 rings (SSSR count). The van der Waals surface area contributed by atoms with Crippen molar-refractivity contribution in [2.75, 3.05) is 32.2 Å². The van der Waals surface area contributed by atoms with Gasteiger partial charge in [0, 0.05) is 35.7 Å². The van der Waals surface area contributed by atoms with Crippen molar-refractivity contribution in [2.45, 2.75) is 25.7 Å². The van der Waals surface area contributed by atoms with Crippen LogP contribution in [-0.2, 0) is 28.9 Å². The Morgan fingerprint density at radius 1 is 1.10 bits per heavy atom. The summed E-state index contributed by atoms with van der Waals surface area (Å²) in [5, 5.41) is 4.09. The van der Waals surface area contributed by atoms with Crippen molar-refractivity contribution < 1.29 is 14.2 Å². The van der Waals surface area contributed by atoms with Crippen molar-refractivity contribution in [3.05, 3.63) is 76.8 Å². The van der Waals surface area contributed by atoms with Gasteiger partial charge in [-0.3, -0.25) is 0 Å². The summed E-state index contributed by atoms with van der Waals surface area (Å²) in [6, 6.07) is 12.1. The van der Waals surface area contributed by atoms with Crippen molar-refractivity contribution in [3.8, 4) is 5.75 Å². The minimum absolute atomic E-state index is 0.312. The molecule has 1 aliphatic heterocycles. The van der Waals surface area contributed by atoms with Crippen LogP contribution < -0.4 is 10.1 Å². The van der Waals surface area contributed by atoms with Crippen LogP contribution >= 0.6 is 11.6 Å². The Bertz CT molecular complexity index is 939. The second kappa shape index (κ2) is 9.98. The maximum atomic E-state index is 6.15. The summed E-state index contributed by atoms with van der Waals surface area (Å²) in [6.45, 7) is 2.27. The van der Waals surface area contributed by atoms with E-state index in [1.165, 1.54) is 11.1 Å². The van der Waals surface area contributed by atoms with Gasteiger partial charge in [0.15, 0.2) is 6.29 Å². The summed E-state index contributed by atoms with van der Waals surface area (Å²) in [6.07, 6.45) is 7.03. The first-order valence-electron chi connectivity index (χ1n) is 10.1. The van der Waals surface area contributed by atoms with Gasteiger partial charge < -0.3 is 24.1 Å². The number of aryl methyl sites for hydroxylation is 1. The topological polar surface area (TPSA) is 57.5 Å². The van der Waals surface area contributed by atoms with Crippen LogP contribution in [0.5, 0.6) is 5.75 Å². The van der Waals surface area contributed by atoms with E-state index in [0.29, 0.717) is 26.4 Å². The highest BCUT2D eigenvalue weighted by Gasteiger charge is 2.19. The maximum absolute atomic E-state index is 6.15. The molecule has 30 heavy (non-hydrogen) atoms. The second-order valence-corrected chi connectivity index (χ2v) is 7.60. The number of rotatable bonds is 9. The monoisotopic (exact) mass is 427 g/mol. The Morgan fingerprint density at radius 3 is 2.60 bits per heavy atom. The molecule has 1 aliphatic rings. The van der Waals surface area contributed by atoms with Crippen LogP contribution in [0.2, 0.25) is 5.02 Å². The van der Waals surface area contributed by atoms with E-state index in [4.69, 9.17) is 25.8 Å². The zero-order valence-electron chi connectivity index (χ0n) is 17.0. The predicted molar refractivity (Wildman–Crippen MR) is 117 cm³/mol. The number of hydrogen-bond donors (Lipinski definition) is 1. The molecule has 1 N–H and O–H groups in total. The molecule has 158 valence electrons. The van der Waals surface area contributed by atoms with Crippen molar-refractivity contribution in [1.29, 1.82) is 0 Å². The lowest BCUT2D eigenvalue weighted by Crippen LogP contribution is -2.19. The number of hydrogen-bond acceptors (Lipinski definition) is 5. The molecule has 6 nitrogen and oxygen atoms in total. The molecule has 0 atom stereocenters. The standard InChI is InChI=1S/C23H26ClN3O3/c1-25-21-8-9-22(30-15-23-28-12-13-29-23)20(14-27-11-10-26-16-27)19(21)7-4-17-2-5-18(24)6-3-17/h2-3,5-6,8-11,16,23,25H,4,7,12-15H2,1H3. The van der Waals surface area contributed by atoms with Gasteiger partial charge in [0.05, 0.1) is 26.1 Å². The highest BCUT2D eigenvalue weighted by molar-refractivity contribution is 6.30. The third kappa shape index (κ3) is 5.14. The number of aromatic nitrogens is 2. The fourth-order valence-corrected chi connectivity index (χ4v) is 3.77. The van der Waals surface area contributed by atoms with Crippen LogP contribution in [0, 0.1) is 0 Å². The summed E-state index contributed by atoms with van der Waals surface area (Å²) in [5.74, 6) is 0.841. The van der Waals surface area contributed by atoms with E-state index in [0.717, 1.165) is 34.9 Å². The van der Waals surface area contributed by atoms with E-state index in [9.17, 15) is 0 Å². The van der Waals surface area contributed by atoms with Crippen LogP contribution in [0.1, 0.15) is 16.7 Å². The molecule has 2 heterocycles. The highest BCUT2D eigenvalue weighted by Crippen LogP contribution is 2.31. The normalized spacial score (nSPS) is 14.2. The Labute approximate surface area is 181 Å². The third-order valence-electron chi connectivity index (χ3n) is 5.20. The number of imidazole rings is 1. The largest absolute Gasteiger partial charge is 0.488 e. The number of halogens is 1. The van der Waals surface area contributed by atoms with E-state index in [2.05, 4.69) is 33.1 Å². The summed E-state index contributed by atoms with van der Waals surface area (Å²) in [5.41, 5.74) is 4.70. The molecule has 0 amide bonds. The number of nitrogens with one attached hydrogen (secondary N) is 1. The number of anilines is 1. The second-order valence-electron chi connectivity index (χ2n) is 7.16. The Balaban J connectivity index is 1.61. The molecule has 0 saturated carbocycles. The molecular formula is C23H26ClN3O3. The minimum atomic E-state index is -0.312. The lowest BCUT2D eigenvalue weighted by atomic mass is 9.96. The SMILES string of the molecule is CNc1ccc(OCC2OCCO2)c(Cn2ccnc2)c1CCc1ccc(Cl)cc1. The van der Waals surface area contributed by atoms with Gasteiger partial charge in [-0.15, -0.1) is 0 Å². The first-order chi connectivity index (χ1) is 14.7. The van der Waals surface area contributed by atoms with Gasteiger partial charge in [-0.25, -0.2) is 4.98 Å². The van der Waals surface area contributed by atoms with E-state index in [1.807, 2.05) is 37.8 Å². The minimum Gasteiger partial charge on any atom is -0.488 e. The van der Waals surface area contributed by atoms with Crippen LogP contribution in [0.25, 0.3) is 0 Å². The fourth-order valence-electron chi connectivity index (χ4n) is 3.64. The van der Waals surface area contributed by atoms with Crippen LogP contribution in [0.15, 0.2) is 55.1 Å². The first-order valence-corrected chi connectivity index (χ1v) is 10.5. The average molecular weight is 428 g/mol. The van der Waals surface area contributed by atoms with Crippen molar-refractivity contribution in [3.63, 3.8) is 0 Å². The first kappa shape index (κ1) is 20.7. The molecule has 3 aromatic rings. The third-order valence-corrected chi connectivity index (χ3v) is 5.45. The maximum Gasteiger partial charge on any atom is 0.191 e. The zero-order valence-corrected chi connectivity index (χ0v) is 17.8. The smallest absolute Gasteiger partial charge is 0.191 e. The van der Waals surface area contributed by atoms with E-state index in [-0.39, 0.29) is 6.29 Å². The average Bonchev–Trinajstić information content (AvgIpc) is 3.47. The Morgan fingerprint density at radius 2 is 1.90 bits per heavy atom. The van der Waals surface area contributed by atoms with Gasteiger partial charge in [-0.2, -0.15) is 0 Å². The number of benzene rings is 2. The van der Waals surface area contributed by atoms with Gasteiger partial charge in [0.2, 0.25) is 0 Å². The molecule has 0 bridgehead atoms. The molecule has 2 aromatic carbocycles. The van der Waals surface area contributed by atoms with Crippen LogP contribution in [0.3, 0.4) is 0 Å². The Kier molecular flexibility index (Phi) is 6.89. The molecule has 0 radical (unpaired) electrons. The van der Waals surface area contributed by atoms with Gasteiger partial charge in [-0.05, 0) is 48.2 Å². The lowest BCUT2D eigenvalue weighted by Gasteiger charge is -2.21. The molecular weight excluding hydrogens is 402 g/mol. The van der Waals surface area contributed by atoms with E-state index in [1.54, 1.807) is 6.20 Å². The summed E-state index contributed by atoms with van der Waals surface area (Å²) in [4.78, 5) is 4.19. The van der Waals surface area contributed by atoms with Crippen LogP contribution in [-0.4, -0.2) is 42.7 Å². The van der Waals surface area contributed by atoms with Gasteiger partial charge in [-0.1, -0.05) is 23.7 Å². The molecule has 1 aromatic heterocycles. The van der Waals surface area contributed by atoms with Crippen molar-refractivity contribution in [2.24, 2.45) is 0 Å².